The first kappa shape index (κ1) is 14.9. The molecule has 4 N–H and O–H groups in total. The summed E-state index contributed by atoms with van der Waals surface area (Å²) >= 11 is 0. The molecule has 2 aliphatic heterocycles. The summed E-state index contributed by atoms with van der Waals surface area (Å²) in [6, 6.07) is 5.71. The normalized spacial score (nSPS) is 20.2. The topological polar surface area (TPSA) is 90.1 Å². The molecule has 0 spiro atoms. The molecule has 1 atom stereocenters. The second-order valence-corrected chi connectivity index (χ2v) is 5.23. The average molecular weight is 306 g/mol. The highest BCUT2D eigenvalue weighted by Gasteiger charge is 2.16. The Morgan fingerprint density at radius 3 is 3.05 bits per heavy atom. The maximum absolute atomic E-state index is 5.59. The van der Waals surface area contributed by atoms with E-state index in [1.165, 1.54) is 0 Å². The molecular formula is C15H22N4O3. The van der Waals surface area contributed by atoms with Crippen LogP contribution in [0.2, 0.25) is 0 Å². The molecule has 22 heavy (non-hydrogen) atoms. The van der Waals surface area contributed by atoms with E-state index in [1.807, 2.05) is 18.2 Å². The highest BCUT2D eigenvalue weighted by Crippen LogP contribution is 2.34. The molecule has 0 aromatic heterocycles. The lowest BCUT2D eigenvalue weighted by atomic mass is 10.2. The minimum Gasteiger partial charge on any atom is -0.454 e. The Kier molecular flexibility index (Phi) is 4.97. The van der Waals surface area contributed by atoms with Crippen molar-refractivity contribution in [2.45, 2.75) is 18.9 Å². The summed E-state index contributed by atoms with van der Waals surface area (Å²) < 4.78 is 16.3. The molecule has 0 amide bonds. The van der Waals surface area contributed by atoms with Gasteiger partial charge < -0.3 is 30.6 Å². The Morgan fingerprint density at radius 2 is 2.23 bits per heavy atom. The first-order valence-electron chi connectivity index (χ1n) is 7.62. The van der Waals surface area contributed by atoms with Crippen molar-refractivity contribution < 1.29 is 14.2 Å². The van der Waals surface area contributed by atoms with Gasteiger partial charge in [-0.2, -0.15) is 0 Å². The lowest BCUT2D eigenvalue weighted by Crippen LogP contribution is -2.35. The van der Waals surface area contributed by atoms with Gasteiger partial charge in [0, 0.05) is 31.5 Å². The van der Waals surface area contributed by atoms with Crippen LogP contribution in [0.3, 0.4) is 0 Å². The predicted molar refractivity (Wildman–Crippen MR) is 84.5 cm³/mol. The number of hydrogen-bond donors (Lipinski definition) is 3. The van der Waals surface area contributed by atoms with Crippen LogP contribution in [0.25, 0.3) is 0 Å². The monoisotopic (exact) mass is 306 g/mol. The van der Waals surface area contributed by atoms with Gasteiger partial charge in [0.2, 0.25) is 6.79 Å². The zero-order chi connectivity index (χ0) is 15.2. The average Bonchev–Trinajstić information content (AvgIpc) is 3.20. The number of hydrogen-bond acceptors (Lipinski definition) is 5. The van der Waals surface area contributed by atoms with Crippen LogP contribution < -0.4 is 25.8 Å². The fourth-order valence-corrected chi connectivity index (χ4v) is 2.42. The molecule has 0 saturated carbocycles. The molecule has 3 rings (SSSR count). The second-order valence-electron chi connectivity index (χ2n) is 5.23. The molecule has 2 heterocycles. The van der Waals surface area contributed by atoms with Crippen molar-refractivity contribution in [1.82, 2.24) is 5.32 Å². The number of nitrogens with two attached hydrogens (primary N) is 1. The van der Waals surface area contributed by atoms with E-state index in [0.717, 1.165) is 36.6 Å². The van der Waals surface area contributed by atoms with Gasteiger partial charge in [-0.1, -0.05) is 0 Å². The summed E-state index contributed by atoms with van der Waals surface area (Å²) in [6.45, 7) is 2.94. The maximum atomic E-state index is 5.59. The molecule has 120 valence electrons. The molecular weight excluding hydrogens is 284 g/mol. The van der Waals surface area contributed by atoms with Crippen LogP contribution in [-0.4, -0.2) is 45.1 Å². The van der Waals surface area contributed by atoms with Crippen molar-refractivity contribution in [2.75, 3.05) is 38.4 Å². The minimum atomic E-state index is 0.216. The Morgan fingerprint density at radius 1 is 1.32 bits per heavy atom. The third-order valence-corrected chi connectivity index (χ3v) is 3.55. The molecule has 0 bridgehead atoms. The maximum Gasteiger partial charge on any atom is 0.231 e. The molecule has 1 fully saturated rings. The lowest BCUT2D eigenvalue weighted by Gasteiger charge is -2.13. The van der Waals surface area contributed by atoms with Gasteiger partial charge in [0.15, 0.2) is 17.5 Å². The van der Waals surface area contributed by atoms with Crippen LogP contribution in [0.5, 0.6) is 11.5 Å². The van der Waals surface area contributed by atoms with Crippen LogP contribution in [0.4, 0.5) is 5.69 Å². The Hall–Kier alpha value is -1.99. The second kappa shape index (κ2) is 7.33. The van der Waals surface area contributed by atoms with Crippen LogP contribution >= 0.6 is 0 Å². The number of rotatable bonds is 5. The first-order valence-corrected chi connectivity index (χ1v) is 7.62. The summed E-state index contributed by atoms with van der Waals surface area (Å²) in [6.07, 6.45) is 2.40. The molecule has 1 aromatic carbocycles. The van der Waals surface area contributed by atoms with E-state index in [0.29, 0.717) is 25.6 Å². The van der Waals surface area contributed by atoms with Gasteiger partial charge in [0.25, 0.3) is 0 Å². The number of fused-ring (bicyclic) bond motifs is 1. The fourth-order valence-electron chi connectivity index (χ4n) is 2.42. The number of guanidine groups is 1. The Bertz CT molecular complexity index is 530. The zero-order valence-corrected chi connectivity index (χ0v) is 12.5. The van der Waals surface area contributed by atoms with Crippen LogP contribution in [-0.2, 0) is 4.74 Å². The van der Waals surface area contributed by atoms with E-state index in [4.69, 9.17) is 19.9 Å². The van der Waals surface area contributed by atoms with Crippen LogP contribution in [0.1, 0.15) is 12.8 Å². The number of aliphatic imine (C=N–C) groups is 1. The van der Waals surface area contributed by atoms with Gasteiger partial charge in [0.05, 0.1) is 12.6 Å². The third kappa shape index (κ3) is 3.80. The molecule has 1 saturated heterocycles. The van der Waals surface area contributed by atoms with Gasteiger partial charge in [-0.3, -0.25) is 4.99 Å². The standard InChI is InChI=1S/C15H22N4O3/c16-5-6-17-15(18-9-12-2-1-7-20-12)19-11-3-4-13-14(8-11)22-10-21-13/h3-4,8,12H,1-2,5-7,9-10,16H2,(H2,17,18,19). The van der Waals surface area contributed by atoms with E-state index in [1.54, 1.807) is 0 Å². The van der Waals surface area contributed by atoms with Gasteiger partial charge in [0.1, 0.15) is 0 Å². The van der Waals surface area contributed by atoms with Crippen molar-refractivity contribution in [3.8, 4) is 11.5 Å². The SMILES string of the molecule is NCCNC(=NCC1CCCO1)Nc1ccc2c(c1)OCO2. The predicted octanol–water partition coefficient (Wildman–Crippen LogP) is 0.910. The van der Waals surface area contributed by atoms with Gasteiger partial charge in [-0.25, -0.2) is 0 Å². The summed E-state index contributed by atoms with van der Waals surface area (Å²) in [5.41, 5.74) is 6.44. The van der Waals surface area contributed by atoms with Gasteiger partial charge >= 0.3 is 0 Å². The number of nitrogens with one attached hydrogen (secondary N) is 2. The summed E-state index contributed by atoms with van der Waals surface area (Å²) in [7, 11) is 0. The van der Waals surface area contributed by atoms with E-state index in [9.17, 15) is 0 Å². The first-order chi connectivity index (χ1) is 10.8. The molecule has 2 aliphatic rings. The zero-order valence-electron chi connectivity index (χ0n) is 12.5. The van der Waals surface area contributed by atoms with Gasteiger partial charge in [-0.15, -0.1) is 0 Å². The van der Waals surface area contributed by atoms with Crippen LogP contribution in [0, 0.1) is 0 Å². The molecule has 7 nitrogen and oxygen atoms in total. The Labute approximate surface area is 129 Å². The lowest BCUT2D eigenvalue weighted by molar-refractivity contribution is 0.118. The van der Waals surface area contributed by atoms with E-state index in [-0.39, 0.29) is 12.9 Å². The van der Waals surface area contributed by atoms with Crippen molar-refractivity contribution >= 4 is 11.6 Å². The number of nitrogens with zero attached hydrogens (tertiary/aromatic N) is 1. The van der Waals surface area contributed by atoms with E-state index >= 15 is 0 Å². The minimum absolute atomic E-state index is 0.216. The molecule has 7 heteroatoms. The summed E-state index contributed by atoms with van der Waals surface area (Å²) in [4.78, 5) is 4.57. The molecule has 1 aromatic rings. The smallest absolute Gasteiger partial charge is 0.231 e. The third-order valence-electron chi connectivity index (χ3n) is 3.55. The van der Waals surface area contributed by atoms with Crippen molar-refractivity contribution in [2.24, 2.45) is 10.7 Å². The molecule has 0 radical (unpaired) electrons. The number of ether oxygens (including phenoxy) is 3. The quantitative estimate of drug-likeness (QED) is 0.553. The van der Waals surface area contributed by atoms with Crippen LogP contribution in [0.15, 0.2) is 23.2 Å². The van der Waals surface area contributed by atoms with Crippen molar-refractivity contribution in [3.05, 3.63) is 18.2 Å². The number of benzene rings is 1. The van der Waals surface area contributed by atoms with Crippen molar-refractivity contribution in [3.63, 3.8) is 0 Å². The highest BCUT2D eigenvalue weighted by atomic mass is 16.7. The highest BCUT2D eigenvalue weighted by molar-refractivity contribution is 5.94. The summed E-state index contributed by atoms with van der Waals surface area (Å²) in [5, 5.41) is 6.46. The van der Waals surface area contributed by atoms with Gasteiger partial charge in [-0.05, 0) is 25.0 Å². The Balaban J connectivity index is 1.64. The largest absolute Gasteiger partial charge is 0.454 e. The fraction of sp³-hybridized carbons (Fsp3) is 0.533. The van der Waals surface area contributed by atoms with E-state index in [2.05, 4.69) is 15.6 Å². The summed E-state index contributed by atoms with van der Waals surface area (Å²) in [5.74, 6) is 2.19. The molecule has 1 unspecified atom stereocenters. The number of anilines is 1. The van der Waals surface area contributed by atoms with Crippen molar-refractivity contribution in [1.29, 1.82) is 0 Å². The van der Waals surface area contributed by atoms with E-state index < -0.39 is 0 Å². The molecule has 0 aliphatic carbocycles.